The lowest BCUT2D eigenvalue weighted by Crippen LogP contribution is -2.62. The highest BCUT2D eigenvalue weighted by atomic mass is 16.6. The lowest BCUT2D eigenvalue weighted by molar-refractivity contribution is 0.0455. The van der Waals surface area contributed by atoms with Gasteiger partial charge in [-0.15, -0.1) is 0 Å². The summed E-state index contributed by atoms with van der Waals surface area (Å²) in [4.78, 5) is 13.5. The zero-order valence-electron chi connectivity index (χ0n) is 9.75. The van der Waals surface area contributed by atoms with E-state index in [0.717, 1.165) is 6.54 Å². The molecule has 0 aromatic rings. The van der Waals surface area contributed by atoms with Gasteiger partial charge in [-0.3, -0.25) is 0 Å². The van der Waals surface area contributed by atoms with E-state index in [0.29, 0.717) is 12.6 Å². The quantitative estimate of drug-likeness (QED) is 0.703. The maximum absolute atomic E-state index is 11.7. The molecule has 0 radical (unpaired) electrons. The molecule has 0 saturated carbocycles. The van der Waals surface area contributed by atoms with Crippen LogP contribution in [0.4, 0.5) is 4.79 Å². The minimum atomic E-state index is -0.256. The molecular formula is C11H20N2O2. The molecule has 86 valence electrons. The average Bonchev–Trinajstić information content (AvgIpc) is 2.18. The summed E-state index contributed by atoms with van der Waals surface area (Å²) < 4.78 is 5.06. The lowest BCUT2D eigenvalue weighted by Gasteiger charge is -2.44. The number of carbonyl (C=O) groups excluding carboxylic acids is 1. The molecule has 1 amide bonds. The van der Waals surface area contributed by atoms with E-state index < -0.39 is 0 Å². The number of hydrogen-bond acceptors (Lipinski definition) is 3. The van der Waals surface area contributed by atoms with Crippen LogP contribution in [0.25, 0.3) is 0 Å². The minimum Gasteiger partial charge on any atom is -0.445 e. The second-order valence-corrected chi connectivity index (χ2v) is 4.57. The molecule has 0 aromatic heterocycles. The summed E-state index contributed by atoms with van der Waals surface area (Å²) >= 11 is 0. The lowest BCUT2D eigenvalue weighted by atomic mass is 9.99. The molecule has 1 unspecified atom stereocenters. The number of nitrogens with zero attached hydrogens (tertiary/aromatic N) is 1. The van der Waals surface area contributed by atoms with E-state index in [2.05, 4.69) is 18.8 Å². The van der Waals surface area contributed by atoms with Gasteiger partial charge < -0.3 is 15.0 Å². The fraction of sp³-hybridized carbons (Fsp3) is 0.727. The second-order valence-electron chi connectivity index (χ2n) is 4.57. The molecule has 1 aliphatic rings. The Morgan fingerprint density at radius 1 is 1.73 bits per heavy atom. The van der Waals surface area contributed by atoms with Crippen LogP contribution >= 0.6 is 0 Å². The molecule has 1 rings (SSSR count). The van der Waals surface area contributed by atoms with E-state index in [-0.39, 0.29) is 18.2 Å². The number of amides is 1. The molecule has 1 atom stereocenters. The molecule has 4 heteroatoms. The van der Waals surface area contributed by atoms with Gasteiger partial charge in [-0.1, -0.05) is 12.7 Å². The number of ether oxygens (including phenoxy) is 1. The van der Waals surface area contributed by atoms with Gasteiger partial charge in [0.2, 0.25) is 0 Å². The van der Waals surface area contributed by atoms with Gasteiger partial charge in [0.15, 0.2) is 0 Å². The Bertz CT molecular complexity index is 251. The van der Waals surface area contributed by atoms with Crippen molar-refractivity contribution in [2.45, 2.75) is 32.4 Å². The number of carbonyl (C=O) groups is 1. The number of hydrogen-bond donors (Lipinski definition) is 1. The highest BCUT2D eigenvalue weighted by molar-refractivity contribution is 5.69. The first kappa shape index (κ1) is 12.0. The zero-order valence-corrected chi connectivity index (χ0v) is 9.75. The van der Waals surface area contributed by atoms with E-state index in [1.54, 1.807) is 11.0 Å². The van der Waals surface area contributed by atoms with Gasteiger partial charge in [0.25, 0.3) is 0 Å². The highest BCUT2D eigenvalue weighted by Gasteiger charge is 2.36. The summed E-state index contributed by atoms with van der Waals surface area (Å²) in [5.41, 5.74) is -0.190. The van der Waals surface area contributed by atoms with Crippen molar-refractivity contribution in [3.05, 3.63) is 12.7 Å². The van der Waals surface area contributed by atoms with Gasteiger partial charge in [0, 0.05) is 19.1 Å². The van der Waals surface area contributed by atoms with Crippen LogP contribution in [0.3, 0.4) is 0 Å². The van der Waals surface area contributed by atoms with Crippen molar-refractivity contribution >= 4 is 6.09 Å². The number of nitrogens with one attached hydrogen (secondary N) is 1. The van der Waals surface area contributed by atoms with Gasteiger partial charge in [0.05, 0.1) is 5.54 Å². The fourth-order valence-electron chi connectivity index (χ4n) is 1.63. The van der Waals surface area contributed by atoms with Crippen molar-refractivity contribution < 1.29 is 9.53 Å². The summed E-state index contributed by atoms with van der Waals surface area (Å²) in [7, 11) is 0. The molecule has 1 aliphatic heterocycles. The largest absolute Gasteiger partial charge is 0.445 e. The molecule has 0 aliphatic carbocycles. The summed E-state index contributed by atoms with van der Waals surface area (Å²) in [6, 6.07) is 0.314. The molecule has 1 heterocycles. The van der Waals surface area contributed by atoms with Gasteiger partial charge in [-0.25, -0.2) is 4.79 Å². The minimum absolute atomic E-state index is 0.190. The van der Waals surface area contributed by atoms with Gasteiger partial charge >= 0.3 is 6.09 Å². The van der Waals surface area contributed by atoms with Crippen molar-refractivity contribution in [2.24, 2.45) is 0 Å². The van der Waals surface area contributed by atoms with E-state index in [4.69, 9.17) is 4.74 Å². The summed E-state index contributed by atoms with van der Waals surface area (Å²) in [5.74, 6) is 0. The molecule has 1 N–H and O–H groups in total. The van der Waals surface area contributed by atoms with Crippen molar-refractivity contribution in [3.8, 4) is 0 Å². The molecule has 0 spiro atoms. The Balaban J connectivity index is 2.63. The predicted octanol–water partition coefficient (Wildman–Crippen LogP) is 1.38. The normalized spacial score (nSPS) is 24.7. The second kappa shape index (κ2) is 4.66. The SMILES string of the molecule is C=CCOC(=O)N1CC(C)NCC1(C)C. The molecule has 1 fully saturated rings. The van der Waals surface area contributed by atoms with Gasteiger partial charge in [-0.2, -0.15) is 0 Å². The maximum Gasteiger partial charge on any atom is 0.410 e. The summed E-state index contributed by atoms with van der Waals surface area (Å²) in [5, 5.41) is 3.34. The summed E-state index contributed by atoms with van der Waals surface area (Å²) in [6.07, 6.45) is 1.32. The molecule has 0 bridgehead atoms. The first-order chi connectivity index (χ1) is 6.97. The Labute approximate surface area is 91.3 Å². The molecule has 15 heavy (non-hydrogen) atoms. The van der Waals surface area contributed by atoms with E-state index in [1.165, 1.54) is 0 Å². The average molecular weight is 212 g/mol. The third-order valence-electron chi connectivity index (χ3n) is 2.62. The smallest absolute Gasteiger partial charge is 0.410 e. The van der Waals surface area contributed by atoms with Crippen LogP contribution in [-0.2, 0) is 4.74 Å². The maximum atomic E-state index is 11.7. The molecular weight excluding hydrogens is 192 g/mol. The standard InChI is InChI=1S/C11H20N2O2/c1-5-6-15-10(14)13-7-9(2)12-8-11(13,3)4/h5,9,12H,1,6-8H2,2-4H3. The van der Waals surface area contributed by atoms with Crippen LogP contribution in [0.1, 0.15) is 20.8 Å². The van der Waals surface area contributed by atoms with Crippen LogP contribution in [0.2, 0.25) is 0 Å². The third-order valence-corrected chi connectivity index (χ3v) is 2.62. The number of piperazine rings is 1. The highest BCUT2D eigenvalue weighted by Crippen LogP contribution is 2.19. The Morgan fingerprint density at radius 3 is 3.00 bits per heavy atom. The molecule has 0 aromatic carbocycles. The van der Waals surface area contributed by atoms with Crippen molar-refractivity contribution in [3.63, 3.8) is 0 Å². The van der Waals surface area contributed by atoms with Crippen LogP contribution in [0, 0.1) is 0 Å². The zero-order chi connectivity index (χ0) is 11.5. The van der Waals surface area contributed by atoms with Crippen LogP contribution < -0.4 is 5.32 Å². The van der Waals surface area contributed by atoms with E-state index in [1.807, 2.05) is 13.8 Å². The number of rotatable bonds is 2. The topological polar surface area (TPSA) is 41.6 Å². The van der Waals surface area contributed by atoms with E-state index in [9.17, 15) is 4.79 Å². The van der Waals surface area contributed by atoms with Crippen molar-refractivity contribution in [1.82, 2.24) is 10.2 Å². The monoisotopic (exact) mass is 212 g/mol. The first-order valence-electron chi connectivity index (χ1n) is 5.26. The first-order valence-corrected chi connectivity index (χ1v) is 5.26. The Hall–Kier alpha value is -1.03. The fourth-order valence-corrected chi connectivity index (χ4v) is 1.63. The van der Waals surface area contributed by atoms with Crippen LogP contribution in [0.15, 0.2) is 12.7 Å². The van der Waals surface area contributed by atoms with Gasteiger partial charge in [-0.05, 0) is 20.8 Å². The van der Waals surface area contributed by atoms with Crippen LogP contribution in [-0.4, -0.2) is 42.3 Å². The van der Waals surface area contributed by atoms with Crippen molar-refractivity contribution in [2.75, 3.05) is 19.7 Å². The van der Waals surface area contributed by atoms with E-state index >= 15 is 0 Å². The predicted molar refractivity (Wildman–Crippen MR) is 59.8 cm³/mol. The van der Waals surface area contributed by atoms with Crippen LogP contribution in [0.5, 0.6) is 0 Å². The third kappa shape index (κ3) is 2.96. The van der Waals surface area contributed by atoms with Gasteiger partial charge in [0.1, 0.15) is 6.61 Å². The summed E-state index contributed by atoms with van der Waals surface area (Å²) in [6.45, 7) is 11.4. The van der Waals surface area contributed by atoms with Crippen molar-refractivity contribution in [1.29, 1.82) is 0 Å². The Kier molecular flexibility index (Phi) is 3.74. The molecule has 1 saturated heterocycles. The molecule has 4 nitrogen and oxygen atoms in total. The Morgan fingerprint density at radius 2 is 2.40 bits per heavy atom.